The van der Waals surface area contributed by atoms with Gasteiger partial charge in [0.15, 0.2) is 0 Å². The average molecular weight is 349 g/mol. The molecule has 1 rings (SSSR count). The lowest BCUT2D eigenvalue weighted by molar-refractivity contribution is 0.277. The van der Waals surface area contributed by atoms with Gasteiger partial charge in [0, 0.05) is 0 Å². The van der Waals surface area contributed by atoms with Crippen molar-refractivity contribution in [2.75, 3.05) is 6.54 Å². The van der Waals surface area contributed by atoms with E-state index in [0.717, 1.165) is 44.9 Å². The number of hydrogen-bond acceptors (Lipinski definition) is 4. The average Bonchev–Trinajstić information content (AvgIpc) is 2.65. The number of carbonyl (C=O) groups excluding carboxylic acids is 2. The highest BCUT2D eigenvalue weighted by Crippen LogP contribution is 2.44. The zero-order valence-corrected chi connectivity index (χ0v) is 16.5. The predicted octanol–water partition coefficient (Wildman–Crippen LogP) is 5.75. The first-order chi connectivity index (χ1) is 11.9. The number of aliphatic imine (C=N–C) groups is 2. The largest absolute Gasteiger partial charge is 0.235 e. The second-order valence-corrected chi connectivity index (χ2v) is 8.80. The van der Waals surface area contributed by atoms with Crippen LogP contribution in [-0.4, -0.2) is 24.2 Å². The zero-order valence-electron chi connectivity index (χ0n) is 16.5. The molecule has 0 radical (unpaired) electrons. The first-order valence-electron chi connectivity index (χ1n) is 10.1. The summed E-state index contributed by atoms with van der Waals surface area (Å²) in [5, 5.41) is 0. The van der Waals surface area contributed by atoms with Gasteiger partial charge in [-0.05, 0) is 49.9 Å². The molecule has 1 fully saturated rings. The van der Waals surface area contributed by atoms with Crippen LogP contribution < -0.4 is 0 Å². The molecule has 0 aromatic heterocycles. The molecule has 25 heavy (non-hydrogen) atoms. The third-order valence-electron chi connectivity index (χ3n) is 5.66. The van der Waals surface area contributed by atoms with E-state index in [9.17, 15) is 9.59 Å². The van der Waals surface area contributed by atoms with Crippen LogP contribution in [0.3, 0.4) is 0 Å². The number of rotatable bonds is 11. The Morgan fingerprint density at radius 1 is 0.880 bits per heavy atom. The summed E-state index contributed by atoms with van der Waals surface area (Å²) >= 11 is 0. The Kier molecular flexibility index (Phi) is 9.93. The van der Waals surface area contributed by atoms with E-state index in [-0.39, 0.29) is 5.54 Å². The van der Waals surface area contributed by atoms with Crippen molar-refractivity contribution in [3.05, 3.63) is 0 Å². The van der Waals surface area contributed by atoms with Crippen molar-refractivity contribution in [3.63, 3.8) is 0 Å². The normalized spacial score (nSPS) is 25.5. The van der Waals surface area contributed by atoms with Crippen molar-refractivity contribution in [3.8, 4) is 0 Å². The minimum Gasteiger partial charge on any atom is -0.211 e. The molecular weight excluding hydrogens is 312 g/mol. The summed E-state index contributed by atoms with van der Waals surface area (Å²) in [5.41, 5.74) is 0.190. The lowest BCUT2D eigenvalue weighted by Gasteiger charge is -2.28. The van der Waals surface area contributed by atoms with Crippen LogP contribution in [0.25, 0.3) is 0 Å². The number of unbranched alkanes of at least 4 members (excludes halogenated alkanes) is 6. The molecule has 0 heterocycles. The summed E-state index contributed by atoms with van der Waals surface area (Å²) in [4.78, 5) is 28.9. The standard InChI is InChI=1S/C21H36N2O2/c1-19-15-20(2,3)12-13-21(16-19,23-18-25)11-9-7-5-4-6-8-10-14-22-17-24/h19H,4-16H2,1-3H3. The van der Waals surface area contributed by atoms with Gasteiger partial charge in [-0.15, -0.1) is 0 Å². The molecule has 0 spiro atoms. The van der Waals surface area contributed by atoms with Crippen LogP contribution in [-0.2, 0) is 9.59 Å². The first-order valence-corrected chi connectivity index (χ1v) is 10.1. The SMILES string of the molecule is CC1CC(C)(C)CCC(CCCCCCCCCN=C=O)(N=C=O)C1. The van der Waals surface area contributed by atoms with Gasteiger partial charge in [-0.25, -0.2) is 14.6 Å². The summed E-state index contributed by atoms with van der Waals surface area (Å²) in [7, 11) is 0. The van der Waals surface area contributed by atoms with Gasteiger partial charge in [-0.2, -0.15) is 4.99 Å². The van der Waals surface area contributed by atoms with Crippen molar-refractivity contribution in [1.29, 1.82) is 0 Å². The van der Waals surface area contributed by atoms with Crippen molar-refractivity contribution in [1.82, 2.24) is 0 Å². The van der Waals surface area contributed by atoms with Crippen molar-refractivity contribution >= 4 is 12.2 Å². The van der Waals surface area contributed by atoms with E-state index in [0.29, 0.717) is 17.9 Å². The Morgan fingerprint density at radius 3 is 2.16 bits per heavy atom. The molecular formula is C21H36N2O2. The smallest absolute Gasteiger partial charge is 0.211 e. The Hall–Kier alpha value is -1.24. The maximum Gasteiger partial charge on any atom is 0.235 e. The summed E-state index contributed by atoms with van der Waals surface area (Å²) in [6.07, 6.45) is 17.1. The molecule has 0 amide bonds. The minimum atomic E-state index is -0.165. The van der Waals surface area contributed by atoms with Crippen LogP contribution in [0.5, 0.6) is 0 Å². The molecule has 0 aromatic rings. The molecule has 1 saturated carbocycles. The van der Waals surface area contributed by atoms with Crippen molar-refractivity contribution in [2.45, 2.75) is 103 Å². The third-order valence-corrected chi connectivity index (χ3v) is 5.66. The monoisotopic (exact) mass is 348 g/mol. The molecule has 2 unspecified atom stereocenters. The van der Waals surface area contributed by atoms with Gasteiger partial charge in [0.1, 0.15) is 0 Å². The lowest BCUT2D eigenvalue weighted by atomic mass is 9.82. The van der Waals surface area contributed by atoms with Crippen molar-refractivity contribution in [2.24, 2.45) is 21.3 Å². The summed E-state index contributed by atoms with van der Waals surface area (Å²) in [6.45, 7) is 7.59. The number of nitrogens with zero attached hydrogens (tertiary/aromatic N) is 2. The molecule has 4 nitrogen and oxygen atoms in total. The lowest BCUT2D eigenvalue weighted by Crippen LogP contribution is -2.27. The number of isocyanates is 2. The first kappa shape index (κ1) is 21.8. The summed E-state index contributed by atoms with van der Waals surface area (Å²) < 4.78 is 0. The highest BCUT2D eigenvalue weighted by atomic mass is 16.1. The van der Waals surface area contributed by atoms with Crippen LogP contribution in [0.15, 0.2) is 9.98 Å². The molecule has 0 N–H and O–H groups in total. The highest BCUT2D eigenvalue weighted by molar-refractivity contribution is 5.35. The minimum absolute atomic E-state index is 0.165. The van der Waals surface area contributed by atoms with Gasteiger partial charge in [-0.1, -0.05) is 59.3 Å². The van der Waals surface area contributed by atoms with Gasteiger partial charge in [0.05, 0.1) is 12.1 Å². The molecule has 4 heteroatoms. The Balaban J connectivity index is 2.31. The fraction of sp³-hybridized carbons (Fsp3) is 0.905. The van der Waals surface area contributed by atoms with E-state index in [1.54, 1.807) is 6.08 Å². The van der Waals surface area contributed by atoms with Crippen LogP contribution in [0.1, 0.15) is 97.8 Å². The molecule has 0 saturated heterocycles. The van der Waals surface area contributed by atoms with Gasteiger partial charge in [-0.3, -0.25) is 0 Å². The maximum atomic E-state index is 11.0. The molecule has 1 aliphatic carbocycles. The molecule has 142 valence electrons. The maximum absolute atomic E-state index is 11.0. The van der Waals surface area contributed by atoms with E-state index in [2.05, 4.69) is 30.8 Å². The Bertz CT molecular complexity index is 476. The Morgan fingerprint density at radius 2 is 1.52 bits per heavy atom. The molecule has 1 aliphatic rings. The fourth-order valence-electron chi connectivity index (χ4n) is 4.50. The molecule has 2 atom stereocenters. The van der Waals surface area contributed by atoms with Gasteiger partial charge < -0.3 is 0 Å². The third kappa shape index (κ3) is 9.14. The van der Waals surface area contributed by atoms with E-state index < -0.39 is 0 Å². The summed E-state index contributed by atoms with van der Waals surface area (Å²) in [6, 6.07) is 0. The van der Waals surface area contributed by atoms with E-state index in [4.69, 9.17) is 0 Å². The second-order valence-electron chi connectivity index (χ2n) is 8.80. The van der Waals surface area contributed by atoms with E-state index in [1.165, 1.54) is 32.1 Å². The van der Waals surface area contributed by atoms with E-state index >= 15 is 0 Å². The van der Waals surface area contributed by atoms with E-state index in [1.807, 2.05) is 6.08 Å². The topological polar surface area (TPSA) is 58.9 Å². The van der Waals surface area contributed by atoms with Gasteiger partial charge in [0.25, 0.3) is 0 Å². The molecule has 0 aliphatic heterocycles. The van der Waals surface area contributed by atoms with Crippen LogP contribution in [0.4, 0.5) is 0 Å². The molecule has 0 aromatic carbocycles. The molecule has 0 bridgehead atoms. The van der Waals surface area contributed by atoms with Crippen LogP contribution in [0.2, 0.25) is 0 Å². The quantitative estimate of drug-likeness (QED) is 0.206. The van der Waals surface area contributed by atoms with Gasteiger partial charge in [0.2, 0.25) is 12.2 Å². The predicted molar refractivity (Wildman–Crippen MR) is 102 cm³/mol. The van der Waals surface area contributed by atoms with Crippen molar-refractivity contribution < 1.29 is 9.59 Å². The highest BCUT2D eigenvalue weighted by Gasteiger charge is 2.38. The van der Waals surface area contributed by atoms with Crippen LogP contribution in [0, 0.1) is 11.3 Å². The van der Waals surface area contributed by atoms with Crippen LogP contribution >= 0.6 is 0 Å². The zero-order chi connectivity index (χ0) is 18.6. The number of hydrogen-bond donors (Lipinski definition) is 0. The fourth-order valence-corrected chi connectivity index (χ4v) is 4.50. The summed E-state index contributed by atoms with van der Waals surface area (Å²) in [5.74, 6) is 0.614. The van der Waals surface area contributed by atoms with Gasteiger partial charge >= 0.3 is 0 Å². The Labute approximate surface area is 153 Å². The second kappa shape index (κ2) is 11.4.